The Morgan fingerprint density at radius 2 is 2.13 bits per heavy atom. The Morgan fingerprint density at radius 3 is 2.87 bits per heavy atom. The summed E-state index contributed by atoms with van der Waals surface area (Å²) >= 11 is 0. The molecule has 15 heavy (non-hydrogen) atoms. The summed E-state index contributed by atoms with van der Waals surface area (Å²) in [6, 6.07) is 0.503. The van der Waals surface area contributed by atoms with Crippen molar-refractivity contribution in [2.75, 3.05) is 46.3 Å². The third-order valence-electron chi connectivity index (χ3n) is 3.49. The van der Waals surface area contributed by atoms with Gasteiger partial charge in [0, 0.05) is 32.2 Å². The molecule has 4 heteroatoms. The van der Waals surface area contributed by atoms with Crippen molar-refractivity contribution < 1.29 is 5.11 Å². The molecule has 0 aromatic heterocycles. The predicted molar refractivity (Wildman–Crippen MR) is 61.0 cm³/mol. The first-order chi connectivity index (χ1) is 7.24. The van der Waals surface area contributed by atoms with Gasteiger partial charge >= 0.3 is 0 Å². The SMILES string of the molecule is CN1CCCN(CC2CC(O)CN2)CC1. The zero-order valence-corrected chi connectivity index (χ0v) is 9.65. The largest absolute Gasteiger partial charge is 0.392 e. The molecule has 2 aliphatic heterocycles. The smallest absolute Gasteiger partial charge is 0.0680 e. The predicted octanol–water partition coefficient (Wildman–Crippen LogP) is -0.653. The minimum atomic E-state index is -0.121. The number of likely N-dealkylation sites (N-methyl/N-ethyl adjacent to an activating group) is 1. The van der Waals surface area contributed by atoms with E-state index in [1.807, 2.05) is 0 Å². The lowest BCUT2D eigenvalue weighted by Gasteiger charge is -2.23. The minimum Gasteiger partial charge on any atom is -0.392 e. The van der Waals surface area contributed by atoms with Gasteiger partial charge in [0.25, 0.3) is 0 Å². The molecule has 0 amide bonds. The molecule has 2 N–H and O–H groups in total. The molecule has 2 fully saturated rings. The molecule has 88 valence electrons. The van der Waals surface area contributed by atoms with Crippen molar-refractivity contribution in [3.63, 3.8) is 0 Å². The van der Waals surface area contributed by atoms with Gasteiger partial charge < -0.3 is 20.2 Å². The summed E-state index contributed by atoms with van der Waals surface area (Å²) in [7, 11) is 2.20. The number of nitrogens with zero attached hydrogens (tertiary/aromatic N) is 2. The molecular weight excluding hydrogens is 190 g/mol. The molecule has 2 unspecified atom stereocenters. The number of rotatable bonds is 2. The van der Waals surface area contributed by atoms with Crippen molar-refractivity contribution in [2.45, 2.75) is 25.0 Å². The van der Waals surface area contributed by atoms with Crippen LogP contribution in [0.25, 0.3) is 0 Å². The normalized spacial score (nSPS) is 35.6. The second-order valence-electron chi connectivity index (χ2n) is 4.95. The molecule has 0 spiro atoms. The summed E-state index contributed by atoms with van der Waals surface area (Å²) < 4.78 is 0. The first-order valence-corrected chi connectivity index (χ1v) is 6.06. The minimum absolute atomic E-state index is 0.121. The fraction of sp³-hybridized carbons (Fsp3) is 1.00. The van der Waals surface area contributed by atoms with Crippen LogP contribution in [0.3, 0.4) is 0 Å². The van der Waals surface area contributed by atoms with E-state index in [1.165, 1.54) is 32.6 Å². The lowest BCUT2D eigenvalue weighted by molar-refractivity contribution is 0.187. The van der Waals surface area contributed by atoms with Gasteiger partial charge in [-0.2, -0.15) is 0 Å². The lowest BCUT2D eigenvalue weighted by Crippen LogP contribution is -2.39. The van der Waals surface area contributed by atoms with E-state index >= 15 is 0 Å². The topological polar surface area (TPSA) is 38.7 Å². The second kappa shape index (κ2) is 5.25. The highest BCUT2D eigenvalue weighted by molar-refractivity contribution is 4.84. The standard InChI is InChI=1S/C11H23N3O/c1-13-3-2-4-14(6-5-13)9-10-7-11(15)8-12-10/h10-12,15H,2-9H2,1H3. The zero-order valence-electron chi connectivity index (χ0n) is 9.65. The van der Waals surface area contributed by atoms with E-state index in [1.54, 1.807) is 0 Å². The second-order valence-corrected chi connectivity index (χ2v) is 4.95. The van der Waals surface area contributed by atoms with Gasteiger partial charge in [0.2, 0.25) is 0 Å². The molecule has 2 aliphatic rings. The monoisotopic (exact) mass is 213 g/mol. The average Bonchev–Trinajstić information content (AvgIpc) is 2.48. The quantitative estimate of drug-likeness (QED) is 0.639. The van der Waals surface area contributed by atoms with Crippen LogP contribution < -0.4 is 5.32 Å². The van der Waals surface area contributed by atoms with Crippen LogP contribution in [0.1, 0.15) is 12.8 Å². The molecule has 0 aromatic carbocycles. The Kier molecular flexibility index (Phi) is 3.97. The first kappa shape index (κ1) is 11.3. The summed E-state index contributed by atoms with van der Waals surface area (Å²) in [5, 5.41) is 12.8. The molecule has 0 saturated carbocycles. The highest BCUT2D eigenvalue weighted by atomic mass is 16.3. The molecule has 0 aromatic rings. The van der Waals surface area contributed by atoms with Crippen LogP contribution in [0.2, 0.25) is 0 Å². The van der Waals surface area contributed by atoms with Crippen LogP contribution in [-0.2, 0) is 0 Å². The Bertz CT molecular complexity index is 200. The Labute approximate surface area is 92.2 Å². The number of hydrogen-bond acceptors (Lipinski definition) is 4. The Balaban J connectivity index is 1.74. The Morgan fingerprint density at radius 1 is 1.27 bits per heavy atom. The summed E-state index contributed by atoms with van der Waals surface area (Å²) in [6.07, 6.45) is 2.07. The number of hydrogen-bond donors (Lipinski definition) is 2. The van der Waals surface area contributed by atoms with Crippen LogP contribution >= 0.6 is 0 Å². The fourth-order valence-corrected chi connectivity index (χ4v) is 2.53. The first-order valence-electron chi connectivity index (χ1n) is 6.06. The third kappa shape index (κ3) is 3.41. The molecular formula is C11H23N3O. The number of nitrogens with one attached hydrogen (secondary N) is 1. The van der Waals surface area contributed by atoms with Gasteiger partial charge in [0.15, 0.2) is 0 Å². The highest BCUT2D eigenvalue weighted by Crippen LogP contribution is 2.09. The molecule has 2 atom stereocenters. The maximum absolute atomic E-state index is 9.44. The van der Waals surface area contributed by atoms with Crippen molar-refractivity contribution in [3.05, 3.63) is 0 Å². The number of β-amino-alcohol motifs (C(OH)–C–C–N with tert-alkyl or cyclic N) is 1. The molecule has 0 radical (unpaired) electrons. The Hall–Kier alpha value is -0.160. The van der Waals surface area contributed by atoms with Crippen LogP contribution in [0.15, 0.2) is 0 Å². The van der Waals surface area contributed by atoms with Gasteiger partial charge in [0.1, 0.15) is 0 Å². The molecule has 2 saturated heterocycles. The number of aliphatic hydroxyl groups excluding tert-OH is 1. The summed E-state index contributed by atoms with van der Waals surface area (Å²) in [5.74, 6) is 0. The lowest BCUT2D eigenvalue weighted by atomic mass is 10.2. The molecule has 0 aliphatic carbocycles. The zero-order chi connectivity index (χ0) is 10.7. The highest BCUT2D eigenvalue weighted by Gasteiger charge is 2.24. The van der Waals surface area contributed by atoms with Crippen LogP contribution in [-0.4, -0.2) is 73.4 Å². The van der Waals surface area contributed by atoms with E-state index in [0.29, 0.717) is 6.04 Å². The fourth-order valence-electron chi connectivity index (χ4n) is 2.53. The van der Waals surface area contributed by atoms with E-state index in [0.717, 1.165) is 19.5 Å². The maximum atomic E-state index is 9.44. The van der Waals surface area contributed by atoms with Crippen molar-refractivity contribution in [1.82, 2.24) is 15.1 Å². The summed E-state index contributed by atoms with van der Waals surface area (Å²) in [6.45, 7) is 6.65. The molecule has 2 rings (SSSR count). The van der Waals surface area contributed by atoms with E-state index in [9.17, 15) is 5.11 Å². The molecule has 2 heterocycles. The van der Waals surface area contributed by atoms with Crippen molar-refractivity contribution in [1.29, 1.82) is 0 Å². The van der Waals surface area contributed by atoms with Crippen molar-refractivity contribution in [3.8, 4) is 0 Å². The average molecular weight is 213 g/mol. The summed E-state index contributed by atoms with van der Waals surface area (Å²) in [5.41, 5.74) is 0. The van der Waals surface area contributed by atoms with Crippen LogP contribution in [0.4, 0.5) is 0 Å². The van der Waals surface area contributed by atoms with Crippen molar-refractivity contribution in [2.24, 2.45) is 0 Å². The van der Waals surface area contributed by atoms with E-state index in [-0.39, 0.29) is 6.10 Å². The van der Waals surface area contributed by atoms with Crippen LogP contribution in [0.5, 0.6) is 0 Å². The molecule has 0 bridgehead atoms. The molecule has 4 nitrogen and oxygen atoms in total. The van der Waals surface area contributed by atoms with E-state index in [4.69, 9.17) is 0 Å². The number of aliphatic hydroxyl groups is 1. The van der Waals surface area contributed by atoms with Gasteiger partial charge in [-0.3, -0.25) is 0 Å². The van der Waals surface area contributed by atoms with E-state index < -0.39 is 0 Å². The van der Waals surface area contributed by atoms with Crippen LogP contribution in [0, 0.1) is 0 Å². The van der Waals surface area contributed by atoms with Gasteiger partial charge in [-0.15, -0.1) is 0 Å². The van der Waals surface area contributed by atoms with Gasteiger partial charge in [-0.1, -0.05) is 0 Å². The van der Waals surface area contributed by atoms with Gasteiger partial charge in [-0.05, 0) is 33.0 Å². The summed E-state index contributed by atoms with van der Waals surface area (Å²) in [4.78, 5) is 4.93. The van der Waals surface area contributed by atoms with Crippen molar-refractivity contribution >= 4 is 0 Å². The third-order valence-corrected chi connectivity index (χ3v) is 3.49. The van der Waals surface area contributed by atoms with Gasteiger partial charge in [-0.25, -0.2) is 0 Å². The van der Waals surface area contributed by atoms with Gasteiger partial charge in [0.05, 0.1) is 6.10 Å². The maximum Gasteiger partial charge on any atom is 0.0680 e. The van der Waals surface area contributed by atoms with E-state index in [2.05, 4.69) is 22.2 Å².